The van der Waals surface area contributed by atoms with Crippen LogP contribution in [0, 0.1) is 5.92 Å². The molecule has 1 amide bonds. The van der Waals surface area contributed by atoms with Crippen LogP contribution in [-0.4, -0.2) is 27.6 Å². The highest BCUT2D eigenvalue weighted by Gasteiger charge is 2.20. The first-order valence-corrected chi connectivity index (χ1v) is 7.02. The summed E-state index contributed by atoms with van der Waals surface area (Å²) >= 11 is 0. The van der Waals surface area contributed by atoms with E-state index in [0.717, 1.165) is 24.6 Å². The standard InChI is InChI=1S/C14H26N4O/c1-10(2)8-6-7-9-15-12(19)11-16-13(18-17-11)14(3,4)5/h10H,6-9H2,1-5H3,(H,15,19)(H,16,17,18). The van der Waals surface area contributed by atoms with E-state index in [2.05, 4.69) is 34.3 Å². The molecule has 0 saturated carbocycles. The molecule has 0 fully saturated rings. The van der Waals surface area contributed by atoms with Crippen molar-refractivity contribution in [3.05, 3.63) is 11.6 Å². The second kappa shape index (κ2) is 6.68. The highest BCUT2D eigenvalue weighted by molar-refractivity contribution is 5.90. The molecule has 0 saturated heterocycles. The van der Waals surface area contributed by atoms with E-state index in [0.29, 0.717) is 6.54 Å². The summed E-state index contributed by atoms with van der Waals surface area (Å²) in [5.41, 5.74) is -0.122. The number of rotatable bonds is 6. The van der Waals surface area contributed by atoms with Gasteiger partial charge in [-0.05, 0) is 12.3 Å². The van der Waals surface area contributed by atoms with Gasteiger partial charge in [-0.3, -0.25) is 9.89 Å². The molecule has 0 aliphatic carbocycles. The van der Waals surface area contributed by atoms with Crippen LogP contribution in [0.2, 0.25) is 0 Å². The lowest BCUT2D eigenvalue weighted by Crippen LogP contribution is -2.25. The van der Waals surface area contributed by atoms with Gasteiger partial charge in [0.1, 0.15) is 5.82 Å². The van der Waals surface area contributed by atoms with E-state index in [-0.39, 0.29) is 17.1 Å². The Morgan fingerprint density at radius 3 is 2.53 bits per heavy atom. The van der Waals surface area contributed by atoms with E-state index < -0.39 is 0 Å². The number of amides is 1. The minimum absolute atomic E-state index is 0.122. The summed E-state index contributed by atoms with van der Waals surface area (Å²) in [6, 6.07) is 0. The van der Waals surface area contributed by atoms with Crippen LogP contribution in [0.1, 0.15) is 70.3 Å². The van der Waals surface area contributed by atoms with Crippen molar-refractivity contribution in [3.8, 4) is 0 Å². The Morgan fingerprint density at radius 1 is 1.32 bits per heavy atom. The van der Waals surface area contributed by atoms with E-state index >= 15 is 0 Å². The number of carbonyl (C=O) groups excluding carboxylic acids is 1. The fourth-order valence-corrected chi connectivity index (χ4v) is 1.66. The molecule has 0 aliphatic heterocycles. The Labute approximate surface area is 115 Å². The maximum Gasteiger partial charge on any atom is 0.290 e. The summed E-state index contributed by atoms with van der Waals surface area (Å²) in [7, 11) is 0. The number of aromatic amines is 1. The maximum atomic E-state index is 11.8. The molecule has 5 nitrogen and oxygen atoms in total. The van der Waals surface area contributed by atoms with Crippen molar-refractivity contribution >= 4 is 5.91 Å². The number of hydrogen-bond acceptors (Lipinski definition) is 3. The van der Waals surface area contributed by atoms with Gasteiger partial charge in [0.15, 0.2) is 0 Å². The predicted molar refractivity (Wildman–Crippen MR) is 76.1 cm³/mol. The fourth-order valence-electron chi connectivity index (χ4n) is 1.66. The first-order valence-electron chi connectivity index (χ1n) is 7.02. The molecular formula is C14H26N4O. The van der Waals surface area contributed by atoms with Gasteiger partial charge in [-0.1, -0.05) is 47.5 Å². The van der Waals surface area contributed by atoms with Crippen LogP contribution in [-0.2, 0) is 5.41 Å². The zero-order valence-corrected chi connectivity index (χ0v) is 12.7. The van der Waals surface area contributed by atoms with Gasteiger partial charge < -0.3 is 5.32 Å². The van der Waals surface area contributed by atoms with Crippen LogP contribution in [0.15, 0.2) is 0 Å². The molecular weight excluding hydrogens is 240 g/mol. The van der Waals surface area contributed by atoms with Crippen molar-refractivity contribution in [1.29, 1.82) is 0 Å². The number of hydrogen-bond donors (Lipinski definition) is 2. The van der Waals surface area contributed by atoms with Crippen molar-refractivity contribution in [1.82, 2.24) is 20.5 Å². The Morgan fingerprint density at radius 2 is 2.00 bits per heavy atom. The third kappa shape index (κ3) is 5.41. The van der Waals surface area contributed by atoms with Crippen molar-refractivity contribution in [2.45, 2.75) is 59.3 Å². The van der Waals surface area contributed by atoms with Crippen LogP contribution >= 0.6 is 0 Å². The van der Waals surface area contributed by atoms with Gasteiger partial charge in [0.05, 0.1) is 0 Å². The van der Waals surface area contributed by atoms with Crippen LogP contribution < -0.4 is 5.32 Å². The normalized spacial score (nSPS) is 11.9. The number of nitrogens with zero attached hydrogens (tertiary/aromatic N) is 2. The third-order valence-electron chi connectivity index (χ3n) is 2.89. The molecule has 19 heavy (non-hydrogen) atoms. The predicted octanol–water partition coefficient (Wildman–Crippen LogP) is 2.66. The summed E-state index contributed by atoms with van der Waals surface area (Å²) in [5.74, 6) is 1.49. The molecule has 1 heterocycles. The van der Waals surface area contributed by atoms with E-state index in [1.165, 1.54) is 6.42 Å². The molecule has 1 aromatic heterocycles. The minimum Gasteiger partial charge on any atom is -0.349 e. The van der Waals surface area contributed by atoms with E-state index in [4.69, 9.17) is 0 Å². The Kier molecular flexibility index (Phi) is 5.51. The number of H-pyrrole nitrogens is 1. The summed E-state index contributed by atoms with van der Waals surface area (Å²) in [5, 5.41) is 9.64. The highest BCUT2D eigenvalue weighted by atomic mass is 16.2. The van der Waals surface area contributed by atoms with Crippen LogP contribution in [0.4, 0.5) is 0 Å². The van der Waals surface area contributed by atoms with Gasteiger partial charge in [0.25, 0.3) is 5.91 Å². The van der Waals surface area contributed by atoms with E-state index in [1.54, 1.807) is 0 Å². The lowest BCUT2D eigenvalue weighted by Gasteiger charge is -2.12. The topological polar surface area (TPSA) is 70.7 Å². The molecule has 2 N–H and O–H groups in total. The Balaban J connectivity index is 2.36. The average molecular weight is 266 g/mol. The molecule has 0 aromatic carbocycles. The molecule has 1 rings (SSSR count). The van der Waals surface area contributed by atoms with E-state index in [1.807, 2.05) is 20.8 Å². The van der Waals surface area contributed by atoms with Gasteiger partial charge in [0, 0.05) is 12.0 Å². The number of aromatic nitrogens is 3. The number of carbonyl (C=O) groups is 1. The second-order valence-electron chi connectivity index (χ2n) is 6.40. The summed E-state index contributed by atoms with van der Waals surface area (Å²) in [6.07, 6.45) is 3.34. The zero-order valence-electron chi connectivity index (χ0n) is 12.7. The zero-order chi connectivity index (χ0) is 14.5. The fraction of sp³-hybridized carbons (Fsp3) is 0.786. The number of unbranched alkanes of at least 4 members (excludes halogenated alkanes) is 1. The van der Waals surface area contributed by atoms with Crippen molar-refractivity contribution < 1.29 is 4.79 Å². The van der Waals surface area contributed by atoms with Crippen LogP contribution in [0.3, 0.4) is 0 Å². The SMILES string of the molecule is CC(C)CCCCNC(=O)c1n[nH]c(C(C)(C)C)n1. The van der Waals surface area contributed by atoms with Crippen molar-refractivity contribution in [2.75, 3.05) is 6.54 Å². The minimum atomic E-state index is -0.198. The summed E-state index contributed by atoms with van der Waals surface area (Å²) < 4.78 is 0. The monoisotopic (exact) mass is 266 g/mol. The quantitative estimate of drug-likeness (QED) is 0.778. The largest absolute Gasteiger partial charge is 0.349 e. The number of nitrogens with one attached hydrogen (secondary N) is 2. The molecule has 108 valence electrons. The Bertz CT molecular complexity index is 404. The van der Waals surface area contributed by atoms with Crippen LogP contribution in [0.25, 0.3) is 0 Å². The Hall–Kier alpha value is -1.39. The summed E-state index contributed by atoms with van der Waals surface area (Å²) in [4.78, 5) is 16.1. The van der Waals surface area contributed by atoms with Gasteiger partial charge in [-0.2, -0.15) is 0 Å². The first-order chi connectivity index (χ1) is 8.80. The smallest absolute Gasteiger partial charge is 0.290 e. The lowest BCUT2D eigenvalue weighted by molar-refractivity contribution is 0.0943. The molecule has 0 unspecified atom stereocenters. The third-order valence-corrected chi connectivity index (χ3v) is 2.89. The summed E-state index contributed by atoms with van der Waals surface area (Å²) in [6.45, 7) is 11.2. The molecule has 0 aliphatic rings. The first kappa shape index (κ1) is 15.7. The van der Waals surface area contributed by atoms with Gasteiger partial charge in [-0.25, -0.2) is 4.98 Å². The van der Waals surface area contributed by atoms with E-state index in [9.17, 15) is 4.79 Å². The van der Waals surface area contributed by atoms with Gasteiger partial charge in [0.2, 0.25) is 5.82 Å². The van der Waals surface area contributed by atoms with Gasteiger partial charge >= 0.3 is 0 Å². The van der Waals surface area contributed by atoms with Crippen LogP contribution in [0.5, 0.6) is 0 Å². The molecule has 0 spiro atoms. The average Bonchev–Trinajstić information content (AvgIpc) is 2.76. The second-order valence-corrected chi connectivity index (χ2v) is 6.40. The van der Waals surface area contributed by atoms with Crippen molar-refractivity contribution in [3.63, 3.8) is 0 Å². The molecule has 0 bridgehead atoms. The maximum absolute atomic E-state index is 11.8. The molecule has 1 aromatic rings. The molecule has 0 radical (unpaired) electrons. The van der Waals surface area contributed by atoms with Crippen molar-refractivity contribution in [2.24, 2.45) is 5.92 Å². The highest BCUT2D eigenvalue weighted by Crippen LogP contribution is 2.17. The molecule has 5 heteroatoms. The van der Waals surface area contributed by atoms with Gasteiger partial charge in [-0.15, -0.1) is 5.10 Å². The molecule has 0 atom stereocenters. The lowest BCUT2D eigenvalue weighted by atomic mass is 9.96.